The van der Waals surface area contributed by atoms with Gasteiger partial charge in [0, 0.05) is 19.2 Å². The second kappa shape index (κ2) is 5.04. The van der Waals surface area contributed by atoms with Crippen molar-refractivity contribution in [2.45, 2.75) is 19.4 Å². The van der Waals surface area contributed by atoms with Crippen LogP contribution < -0.4 is 5.76 Å². The van der Waals surface area contributed by atoms with Crippen molar-refractivity contribution in [1.82, 2.24) is 9.47 Å². The van der Waals surface area contributed by atoms with E-state index in [9.17, 15) is 19.7 Å². The highest BCUT2D eigenvalue weighted by atomic mass is 16.6. The number of benzene rings is 1. The number of amides is 1. The first-order valence-corrected chi connectivity index (χ1v) is 6.62. The van der Waals surface area contributed by atoms with Crippen molar-refractivity contribution in [3.05, 3.63) is 38.9 Å². The van der Waals surface area contributed by atoms with Crippen LogP contribution in [0.15, 0.2) is 27.4 Å². The lowest BCUT2D eigenvalue weighted by Gasteiger charge is -2.14. The summed E-state index contributed by atoms with van der Waals surface area (Å²) in [7, 11) is 0. The number of nitro benzene ring substituents is 1. The maximum atomic E-state index is 12.1. The fraction of sp³-hybridized carbons (Fsp3) is 0.385. The minimum Gasteiger partial charge on any atom is -0.407 e. The fourth-order valence-electron chi connectivity index (χ4n) is 2.52. The first-order chi connectivity index (χ1) is 10.1. The molecule has 0 bridgehead atoms. The Labute approximate surface area is 118 Å². The molecule has 0 unspecified atom stereocenters. The van der Waals surface area contributed by atoms with E-state index in [4.69, 9.17) is 4.42 Å². The number of fused-ring (bicyclic) bond motifs is 1. The largest absolute Gasteiger partial charge is 0.420 e. The first-order valence-electron chi connectivity index (χ1n) is 6.62. The van der Waals surface area contributed by atoms with Crippen molar-refractivity contribution in [2.24, 2.45) is 0 Å². The van der Waals surface area contributed by atoms with Gasteiger partial charge in [-0.2, -0.15) is 0 Å². The van der Waals surface area contributed by atoms with Crippen LogP contribution in [0.5, 0.6) is 0 Å². The molecule has 8 nitrogen and oxygen atoms in total. The van der Waals surface area contributed by atoms with Gasteiger partial charge < -0.3 is 9.32 Å². The number of carbonyl (C=O) groups is 1. The number of oxazole rings is 1. The second-order valence-corrected chi connectivity index (χ2v) is 4.95. The van der Waals surface area contributed by atoms with Crippen molar-refractivity contribution in [1.29, 1.82) is 0 Å². The number of likely N-dealkylation sites (tertiary alicyclic amines) is 1. The van der Waals surface area contributed by atoms with E-state index < -0.39 is 10.7 Å². The Morgan fingerprint density at radius 2 is 2.05 bits per heavy atom. The zero-order valence-electron chi connectivity index (χ0n) is 11.2. The van der Waals surface area contributed by atoms with Crippen molar-refractivity contribution in [3.63, 3.8) is 0 Å². The standard InChI is InChI=1S/C13H13N3O5/c17-12(14-5-1-2-6-14)8-15-10-4-3-9(16(19)20)7-11(10)21-13(15)18/h3-4,7H,1-2,5-6,8H2. The van der Waals surface area contributed by atoms with E-state index in [0.29, 0.717) is 18.6 Å². The number of rotatable bonds is 3. The lowest BCUT2D eigenvalue weighted by Crippen LogP contribution is -2.33. The number of hydrogen-bond acceptors (Lipinski definition) is 5. The van der Waals surface area contributed by atoms with E-state index in [1.54, 1.807) is 4.90 Å². The summed E-state index contributed by atoms with van der Waals surface area (Å²) < 4.78 is 6.19. The first kappa shape index (κ1) is 13.3. The molecule has 0 saturated carbocycles. The number of aromatic nitrogens is 1. The molecule has 110 valence electrons. The molecule has 2 heterocycles. The van der Waals surface area contributed by atoms with Crippen molar-refractivity contribution in [2.75, 3.05) is 13.1 Å². The van der Waals surface area contributed by atoms with Crippen LogP contribution in [0, 0.1) is 10.1 Å². The van der Waals surface area contributed by atoms with Gasteiger partial charge in [-0.15, -0.1) is 0 Å². The van der Waals surface area contributed by atoms with Gasteiger partial charge in [0.1, 0.15) is 6.54 Å². The normalized spacial score (nSPS) is 14.8. The van der Waals surface area contributed by atoms with Crippen LogP contribution in [-0.4, -0.2) is 33.4 Å². The molecular weight excluding hydrogens is 278 g/mol. The molecule has 0 N–H and O–H groups in total. The third-order valence-electron chi connectivity index (χ3n) is 3.61. The van der Waals surface area contributed by atoms with Gasteiger partial charge in [-0.3, -0.25) is 19.5 Å². The van der Waals surface area contributed by atoms with E-state index in [-0.39, 0.29) is 23.7 Å². The third-order valence-corrected chi connectivity index (χ3v) is 3.61. The molecule has 1 aromatic carbocycles. The van der Waals surface area contributed by atoms with Crippen LogP contribution in [0.2, 0.25) is 0 Å². The van der Waals surface area contributed by atoms with Crippen LogP contribution in [0.3, 0.4) is 0 Å². The van der Waals surface area contributed by atoms with Crippen LogP contribution in [0.1, 0.15) is 12.8 Å². The summed E-state index contributed by atoms with van der Waals surface area (Å²) in [5, 5.41) is 10.7. The highest BCUT2D eigenvalue weighted by molar-refractivity contribution is 5.80. The third kappa shape index (κ3) is 2.39. The summed E-state index contributed by atoms with van der Waals surface area (Å²) in [5.74, 6) is -0.825. The van der Waals surface area contributed by atoms with E-state index in [2.05, 4.69) is 0 Å². The second-order valence-electron chi connectivity index (χ2n) is 4.95. The van der Waals surface area contributed by atoms with Crippen LogP contribution in [-0.2, 0) is 11.3 Å². The van der Waals surface area contributed by atoms with E-state index in [1.807, 2.05) is 0 Å². The molecule has 1 aromatic heterocycles. The number of nitro groups is 1. The number of non-ortho nitro benzene ring substituents is 1. The molecule has 1 amide bonds. The summed E-state index contributed by atoms with van der Waals surface area (Å²) in [6.45, 7) is 1.30. The van der Waals surface area contributed by atoms with Gasteiger partial charge in [-0.25, -0.2) is 4.79 Å². The minimum absolute atomic E-state index is 0.107. The summed E-state index contributed by atoms with van der Waals surface area (Å²) in [4.78, 5) is 35.8. The van der Waals surface area contributed by atoms with Gasteiger partial charge in [0.25, 0.3) is 5.69 Å². The molecule has 2 aromatic rings. The molecule has 0 atom stereocenters. The molecular formula is C13H13N3O5. The summed E-state index contributed by atoms with van der Waals surface area (Å²) >= 11 is 0. The van der Waals surface area contributed by atoms with E-state index in [1.165, 1.54) is 22.8 Å². The Hall–Kier alpha value is -2.64. The SMILES string of the molecule is O=C(Cn1c(=O)oc2cc([N+](=O)[O-])ccc21)N1CCCC1. The number of carbonyl (C=O) groups excluding carboxylic acids is 1. The average molecular weight is 291 g/mol. The van der Waals surface area contributed by atoms with Crippen LogP contribution in [0.4, 0.5) is 5.69 Å². The van der Waals surface area contributed by atoms with Gasteiger partial charge in [0.15, 0.2) is 5.58 Å². The van der Waals surface area contributed by atoms with Crippen LogP contribution >= 0.6 is 0 Å². The van der Waals surface area contributed by atoms with Gasteiger partial charge >= 0.3 is 5.76 Å². The van der Waals surface area contributed by atoms with Gasteiger partial charge in [-0.1, -0.05) is 0 Å². The monoisotopic (exact) mass is 291 g/mol. The number of hydrogen-bond donors (Lipinski definition) is 0. The average Bonchev–Trinajstić information content (AvgIpc) is 3.07. The smallest absolute Gasteiger partial charge is 0.407 e. The van der Waals surface area contributed by atoms with Gasteiger partial charge in [-0.05, 0) is 18.9 Å². The number of nitrogens with zero attached hydrogens (tertiary/aromatic N) is 3. The molecule has 1 saturated heterocycles. The van der Waals surface area contributed by atoms with E-state index >= 15 is 0 Å². The zero-order chi connectivity index (χ0) is 15.0. The lowest BCUT2D eigenvalue weighted by molar-refractivity contribution is -0.384. The lowest BCUT2D eigenvalue weighted by atomic mass is 10.3. The molecule has 1 aliphatic heterocycles. The summed E-state index contributed by atoms with van der Waals surface area (Å²) in [6.07, 6.45) is 1.94. The Morgan fingerprint density at radius 3 is 2.71 bits per heavy atom. The molecule has 1 fully saturated rings. The predicted molar refractivity (Wildman–Crippen MR) is 72.9 cm³/mol. The van der Waals surface area contributed by atoms with Crippen molar-refractivity contribution in [3.8, 4) is 0 Å². The molecule has 1 aliphatic rings. The van der Waals surface area contributed by atoms with Gasteiger partial charge in [0.2, 0.25) is 5.91 Å². The zero-order valence-corrected chi connectivity index (χ0v) is 11.2. The maximum absolute atomic E-state index is 12.1. The van der Waals surface area contributed by atoms with Crippen molar-refractivity contribution >= 4 is 22.7 Å². The predicted octanol–water partition coefficient (Wildman–Crippen LogP) is 1.13. The Bertz CT molecular complexity index is 770. The molecule has 0 aliphatic carbocycles. The highest BCUT2D eigenvalue weighted by Crippen LogP contribution is 2.20. The molecule has 3 rings (SSSR count). The molecule has 21 heavy (non-hydrogen) atoms. The fourth-order valence-corrected chi connectivity index (χ4v) is 2.52. The summed E-state index contributed by atoms with van der Waals surface area (Å²) in [5.41, 5.74) is 0.343. The maximum Gasteiger partial charge on any atom is 0.420 e. The molecule has 0 spiro atoms. The Kier molecular flexibility index (Phi) is 3.20. The van der Waals surface area contributed by atoms with Gasteiger partial charge in [0.05, 0.1) is 16.5 Å². The quantitative estimate of drug-likeness (QED) is 0.623. The molecule has 8 heteroatoms. The molecule has 0 radical (unpaired) electrons. The minimum atomic E-state index is -0.682. The van der Waals surface area contributed by atoms with Crippen molar-refractivity contribution < 1.29 is 14.1 Å². The highest BCUT2D eigenvalue weighted by Gasteiger charge is 2.21. The topological polar surface area (TPSA) is 98.6 Å². The summed E-state index contributed by atoms with van der Waals surface area (Å²) in [6, 6.07) is 3.90. The Morgan fingerprint density at radius 1 is 1.33 bits per heavy atom. The van der Waals surface area contributed by atoms with Crippen LogP contribution in [0.25, 0.3) is 11.1 Å². The van der Waals surface area contributed by atoms with E-state index in [0.717, 1.165) is 12.8 Å². The Balaban J connectivity index is 1.95.